The normalized spacial score (nSPS) is 17.3. The third kappa shape index (κ3) is 6.38. The summed E-state index contributed by atoms with van der Waals surface area (Å²) in [6, 6.07) is 16.7. The summed E-state index contributed by atoms with van der Waals surface area (Å²) in [4.78, 5) is 16.9. The first kappa shape index (κ1) is 27.0. The van der Waals surface area contributed by atoms with Gasteiger partial charge in [0.25, 0.3) is 5.89 Å². The van der Waals surface area contributed by atoms with Crippen LogP contribution >= 0.6 is 11.3 Å². The minimum absolute atomic E-state index is 0.00666. The second-order valence-electron chi connectivity index (χ2n) is 9.64. The molecule has 2 aromatic carbocycles. The Morgan fingerprint density at radius 1 is 1.13 bits per heavy atom. The number of carboxylic acid groups (broad SMARTS) is 1. The molecule has 2 atom stereocenters. The second kappa shape index (κ2) is 11.3. The average molecular weight is 558 g/mol. The molecule has 2 N–H and O–H groups in total. The maximum atomic E-state index is 13.8. The highest BCUT2D eigenvalue weighted by atomic mass is 32.1. The predicted octanol–water partition coefficient (Wildman–Crippen LogP) is 6.37. The molecule has 1 fully saturated rings. The number of piperidine rings is 1. The van der Waals surface area contributed by atoms with Crippen LogP contribution < -0.4 is 0 Å². The summed E-state index contributed by atoms with van der Waals surface area (Å²) in [6.45, 7) is 1.84. The molecule has 0 radical (unpaired) electrons. The van der Waals surface area contributed by atoms with E-state index in [2.05, 4.69) is 15.0 Å². The first-order valence-electron chi connectivity index (χ1n) is 12.5. The number of rotatable bonds is 8. The fourth-order valence-electron chi connectivity index (χ4n) is 4.91. The second-order valence-corrected chi connectivity index (χ2v) is 10.7. The van der Waals surface area contributed by atoms with Gasteiger partial charge in [0.2, 0.25) is 5.82 Å². The SMILES string of the molecule is O=C(O)CC1CCCN(CC(O)c2ccc(-c3noc(-c4cc(-c5ccccc5)c(C(F)(F)F)s4)n3)cc2)C1. The van der Waals surface area contributed by atoms with Crippen LogP contribution in [-0.2, 0) is 11.0 Å². The molecule has 7 nitrogen and oxygen atoms in total. The summed E-state index contributed by atoms with van der Waals surface area (Å²) in [7, 11) is 0. The van der Waals surface area contributed by atoms with Crippen molar-refractivity contribution in [1.82, 2.24) is 15.0 Å². The molecule has 4 aromatic rings. The van der Waals surface area contributed by atoms with E-state index in [1.54, 1.807) is 54.6 Å². The molecular weight excluding hydrogens is 531 g/mol. The Hall–Kier alpha value is -3.54. The van der Waals surface area contributed by atoms with E-state index in [4.69, 9.17) is 9.63 Å². The summed E-state index contributed by atoms with van der Waals surface area (Å²) in [5.74, 6) is -0.508. The van der Waals surface area contributed by atoms with Crippen LogP contribution in [0.25, 0.3) is 33.3 Å². The molecule has 5 rings (SSSR count). The smallest absolute Gasteiger partial charge is 0.426 e. The third-order valence-corrected chi connectivity index (χ3v) is 7.93. The number of carboxylic acids is 1. The molecule has 2 aromatic heterocycles. The van der Waals surface area contributed by atoms with Crippen LogP contribution in [0, 0.1) is 5.92 Å². The zero-order valence-corrected chi connectivity index (χ0v) is 21.6. The average Bonchev–Trinajstić information content (AvgIpc) is 3.57. The topological polar surface area (TPSA) is 99.7 Å². The number of likely N-dealkylation sites (tertiary alicyclic amines) is 1. The van der Waals surface area contributed by atoms with Crippen molar-refractivity contribution in [3.8, 4) is 33.3 Å². The number of β-amino-alcohol motifs (C(OH)–C–C–N with tert-alkyl or cyclic N) is 1. The van der Waals surface area contributed by atoms with Crippen LogP contribution in [0.4, 0.5) is 13.2 Å². The molecule has 0 amide bonds. The van der Waals surface area contributed by atoms with Crippen LogP contribution in [0.3, 0.4) is 0 Å². The van der Waals surface area contributed by atoms with Gasteiger partial charge in [0.1, 0.15) is 4.88 Å². The third-order valence-electron chi connectivity index (χ3n) is 6.76. The zero-order valence-electron chi connectivity index (χ0n) is 20.8. The maximum absolute atomic E-state index is 13.8. The van der Waals surface area contributed by atoms with E-state index in [0.29, 0.717) is 41.1 Å². The molecule has 0 spiro atoms. The minimum Gasteiger partial charge on any atom is -0.481 e. The van der Waals surface area contributed by atoms with Crippen molar-refractivity contribution in [3.05, 3.63) is 71.1 Å². The first-order chi connectivity index (χ1) is 18.7. The number of hydrogen-bond donors (Lipinski definition) is 2. The van der Waals surface area contributed by atoms with E-state index in [-0.39, 0.29) is 34.5 Å². The first-order valence-corrected chi connectivity index (χ1v) is 13.3. The van der Waals surface area contributed by atoms with Crippen molar-refractivity contribution >= 4 is 17.3 Å². The van der Waals surface area contributed by atoms with Gasteiger partial charge in [0, 0.05) is 30.6 Å². The largest absolute Gasteiger partial charge is 0.481 e. The summed E-state index contributed by atoms with van der Waals surface area (Å²) in [5.41, 5.74) is 1.78. The molecule has 0 bridgehead atoms. The summed E-state index contributed by atoms with van der Waals surface area (Å²) in [5, 5.41) is 23.8. The maximum Gasteiger partial charge on any atom is 0.426 e. The lowest BCUT2D eigenvalue weighted by atomic mass is 9.94. The number of thiophene rings is 1. The van der Waals surface area contributed by atoms with Gasteiger partial charge in [-0.2, -0.15) is 18.2 Å². The van der Waals surface area contributed by atoms with E-state index < -0.39 is 23.1 Å². The number of aromatic nitrogens is 2. The van der Waals surface area contributed by atoms with E-state index in [1.165, 1.54) is 6.07 Å². The van der Waals surface area contributed by atoms with Gasteiger partial charge in [-0.15, -0.1) is 11.3 Å². The summed E-state index contributed by atoms with van der Waals surface area (Å²) >= 11 is 0.557. The monoisotopic (exact) mass is 557 g/mol. The molecule has 0 saturated carbocycles. The van der Waals surface area contributed by atoms with E-state index in [0.717, 1.165) is 19.4 Å². The fourth-order valence-corrected chi connectivity index (χ4v) is 5.88. The number of hydrogen-bond acceptors (Lipinski definition) is 7. The molecule has 3 heterocycles. The molecule has 1 aliphatic rings. The molecule has 0 aliphatic carbocycles. The summed E-state index contributed by atoms with van der Waals surface area (Å²) < 4.78 is 46.6. The molecule has 11 heteroatoms. The molecule has 204 valence electrons. The van der Waals surface area contributed by atoms with Crippen molar-refractivity contribution in [2.75, 3.05) is 19.6 Å². The Bertz CT molecular complexity index is 1420. The van der Waals surface area contributed by atoms with Crippen molar-refractivity contribution in [2.45, 2.75) is 31.5 Å². The van der Waals surface area contributed by atoms with Crippen molar-refractivity contribution in [2.24, 2.45) is 5.92 Å². The number of aliphatic hydroxyl groups excluding tert-OH is 1. The Balaban J connectivity index is 1.30. The van der Waals surface area contributed by atoms with E-state index in [1.807, 2.05) is 0 Å². The van der Waals surface area contributed by atoms with E-state index >= 15 is 0 Å². The quantitative estimate of drug-likeness (QED) is 0.260. The van der Waals surface area contributed by atoms with Crippen LogP contribution in [0.15, 0.2) is 65.2 Å². The molecule has 39 heavy (non-hydrogen) atoms. The number of benzene rings is 2. The number of aliphatic carboxylic acids is 1. The molecular formula is C28H26F3N3O4S. The number of aliphatic hydroxyl groups is 1. The van der Waals surface area contributed by atoms with Crippen molar-refractivity contribution in [1.29, 1.82) is 0 Å². The van der Waals surface area contributed by atoms with Crippen LogP contribution in [-0.4, -0.2) is 50.9 Å². The van der Waals surface area contributed by atoms with Crippen molar-refractivity contribution < 1.29 is 32.7 Å². The van der Waals surface area contributed by atoms with Crippen LogP contribution in [0.5, 0.6) is 0 Å². The Labute approximate surface area is 226 Å². The lowest BCUT2D eigenvalue weighted by Crippen LogP contribution is -2.38. The van der Waals surface area contributed by atoms with Crippen LogP contribution in [0.1, 0.15) is 35.8 Å². The van der Waals surface area contributed by atoms with Gasteiger partial charge in [0.15, 0.2) is 0 Å². The molecule has 1 aliphatic heterocycles. The molecule has 1 saturated heterocycles. The number of alkyl halides is 3. The van der Waals surface area contributed by atoms with Gasteiger partial charge in [0.05, 0.1) is 11.0 Å². The highest BCUT2D eigenvalue weighted by molar-refractivity contribution is 7.16. The lowest BCUT2D eigenvalue weighted by molar-refractivity contribution is -0.138. The number of halogens is 3. The molecule has 2 unspecified atom stereocenters. The Kier molecular flexibility index (Phi) is 7.83. The van der Waals surface area contributed by atoms with E-state index in [9.17, 15) is 23.1 Å². The Morgan fingerprint density at radius 3 is 2.56 bits per heavy atom. The van der Waals surface area contributed by atoms with Crippen LogP contribution in [0.2, 0.25) is 0 Å². The van der Waals surface area contributed by atoms with Gasteiger partial charge in [-0.1, -0.05) is 59.8 Å². The number of nitrogens with zero attached hydrogens (tertiary/aromatic N) is 3. The summed E-state index contributed by atoms with van der Waals surface area (Å²) in [6.07, 6.45) is -3.39. The minimum atomic E-state index is -4.53. The van der Waals surface area contributed by atoms with Gasteiger partial charge in [-0.05, 0) is 42.5 Å². The number of carbonyl (C=O) groups is 1. The fraction of sp³-hybridized carbons (Fsp3) is 0.321. The zero-order chi connectivity index (χ0) is 27.6. The van der Waals surface area contributed by atoms with Gasteiger partial charge in [-0.3, -0.25) is 4.79 Å². The predicted molar refractivity (Wildman–Crippen MR) is 140 cm³/mol. The highest BCUT2D eigenvalue weighted by Gasteiger charge is 2.37. The van der Waals surface area contributed by atoms with Gasteiger partial charge in [-0.25, -0.2) is 0 Å². The lowest BCUT2D eigenvalue weighted by Gasteiger charge is -2.33. The van der Waals surface area contributed by atoms with Gasteiger partial charge < -0.3 is 19.6 Å². The standard InChI is InChI=1S/C28H26F3N3O4S/c29-28(30,31)25-21(18-6-2-1-3-7-18)14-23(39-25)27-32-26(33-38-27)20-10-8-19(9-11-20)22(35)16-34-12-4-5-17(15-34)13-24(36)37/h1-3,6-11,14,17,22,35H,4-5,12-13,15-16H2,(H,36,37). The van der Waals surface area contributed by atoms with Gasteiger partial charge >= 0.3 is 12.1 Å². The Morgan fingerprint density at radius 2 is 1.87 bits per heavy atom. The highest BCUT2D eigenvalue weighted by Crippen LogP contribution is 2.45. The van der Waals surface area contributed by atoms with Crippen molar-refractivity contribution in [3.63, 3.8) is 0 Å².